The Balaban J connectivity index is 0.00000264. The summed E-state index contributed by atoms with van der Waals surface area (Å²) in [5.74, 6) is 0.916. The molecule has 3 heteroatoms. The number of hydrogen-bond acceptors (Lipinski definition) is 2. The molecule has 1 N–H and O–H groups in total. The van der Waals surface area contributed by atoms with Crippen LogP contribution in [0.25, 0.3) is 0 Å². The third-order valence-corrected chi connectivity index (χ3v) is 4.10. The van der Waals surface area contributed by atoms with Gasteiger partial charge in [0.05, 0.1) is 0 Å². The van der Waals surface area contributed by atoms with Crippen molar-refractivity contribution in [1.29, 1.82) is 0 Å². The summed E-state index contributed by atoms with van der Waals surface area (Å²) in [6.45, 7) is 10.3. The maximum Gasteiger partial charge on any atom is 0.119 e. The van der Waals surface area contributed by atoms with E-state index in [0.717, 1.165) is 18.7 Å². The molecular weight excluding hydrogens is 306 g/mol. The molecule has 0 radical (unpaired) electrons. The summed E-state index contributed by atoms with van der Waals surface area (Å²) in [5.41, 5.74) is 3.93. The Morgan fingerprint density at radius 2 is 1.48 bits per heavy atom. The first kappa shape index (κ1) is 19.5. The van der Waals surface area contributed by atoms with E-state index in [4.69, 9.17) is 4.74 Å². The fourth-order valence-corrected chi connectivity index (χ4v) is 2.02. The van der Waals surface area contributed by atoms with Crippen molar-refractivity contribution in [3.05, 3.63) is 65.2 Å². The van der Waals surface area contributed by atoms with E-state index < -0.39 is 0 Å². The Kier molecular flexibility index (Phi) is 7.60. The van der Waals surface area contributed by atoms with Gasteiger partial charge in [-0.15, -0.1) is 12.4 Å². The van der Waals surface area contributed by atoms with Gasteiger partial charge in [0.15, 0.2) is 0 Å². The molecule has 2 nitrogen and oxygen atoms in total. The van der Waals surface area contributed by atoms with Gasteiger partial charge in [-0.2, -0.15) is 0 Å². The van der Waals surface area contributed by atoms with Crippen LogP contribution in [0.3, 0.4) is 0 Å². The summed E-state index contributed by atoms with van der Waals surface area (Å²) in [6.07, 6.45) is 1.12. The molecule has 126 valence electrons. The minimum absolute atomic E-state index is 0. The van der Waals surface area contributed by atoms with Gasteiger partial charge in [0.2, 0.25) is 0 Å². The van der Waals surface area contributed by atoms with Crippen LogP contribution in [0.2, 0.25) is 0 Å². The number of aryl methyl sites for hydroxylation is 1. The van der Waals surface area contributed by atoms with Crippen molar-refractivity contribution in [2.24, 2.45) is 0 Å². The molecule has 0 bridgehead atoms. The zero-order chi connectivity index (χ0) is 16.0. The van der Waals surface area contributed by atoms with Crippen LogP contribution in [0.15, 0.2) is 48.5 Å². The lowest BCUT2D eigenvalue weighted by molar-refractivity contribution is 0.306. The molecule has 0 spiro atoms. The maximum absolute atomic E-state index is 5.83. The molecule has 0 unspecified atom stereocenters. The van der Waals surface area contributed by atoms with Gasteiger partial charge in [-0.3, -0.25) is 0 Å². The van der Waals surface area contributed by atoms with Crippen LogP contribution in [0, 0.1) is 6.92 Å². The first-order valence-electron chi connectivity index (χ1n) is 8.01. The molecule has 2 aromatic carbocycles. The fourth-order valence-electron chi connectivity index (χ4n) is 2.02. The van der Waals surface area contributed by atoms with Gasteiger partial charge in [-0.05, 0) is 50.5 Å². The largest absolute Gasteiger partial charge is 0.489 e. The minimum atomic E-state index is 0. The number of halogens is 1. The molecule has 23 heavy (non-hydrogen) atoms. The predicted molar refractivity (Wildman–Crippen MR) is 100 cm³/mol. The highest BCUT2D eigenvalue weighted by molar-refractivity contribution is 5.85. The summed E-state index contributed by atoms with van der Waals surface area (Å²) >= 11 is 0. The number of rotatable bonds is 7. The predicted octanol–water partition coefficient (Wildman–Crippen LogP) is 5.27. The average molecular weight is 334 g/mol. The van der Waals surface area contributed by atoms with E-state index in [2.05, 4.69) is 69.4 Å². The average Bonchev–Trinajstić information content (AvgIpc) is 2.53. The molecule has 0 saturated heterocycles. The van der Waals surface area contributed by atoms with Crippen molar-refractivity contribution < 1.29 is 4.74 Å². The number of hydrogen-bond donors (Lipinski definition) is 1. The highest BCUT2D eigenvalue weighted by atomic mass is 35.5. The van der Waals surface area contributed by atoms with Crippen molar-refractivity contribution >= 4 is 12.4 Å². The number of benzene rings is 2. The third-order valence-electron chi connectivity index (χ3n) is 4.10. The highest BCUT2D eigenvalue weighted by Gasteiger charge is 2.13. The van der Waals surface area contributed by atoms with E-state index in [9.17, 15) is 0 Å². The summed E-state index contributed by atoms with van der Waals surface area (Å²) in [5, 5.41) is 3.57. The zero-order valence-electron chi connectivity index (χ0n) is 14.6. The molecule has 0 heterocycles. The Morgan fingerprint density at radius 1 is 0.913 bits per heavy atom. The van der Waals surface area contributed by atoms with Crippen LogP contribution < -0.4 is 10.1 Å². The standard InChI is InChI=1S/C20H27NO.ClH/c1-5-20(3,4)21-14-17-10-12-19(13-11-17)22-15-18-8-6-16(2)7-9-18;/h6-13,21H,5,14-15H2,1-4H3;1H. The normalized spacial score (nSPS) is 11.0. The molecule has 0 amide bonds. The topological polar surface area (TPSA) is 21.3 Å². The lowest BCUT2D eigenvalue weighted by atomic mass is 10.0. The summed E-state index contributed by atoms with van der Waals surface area (Å²) in [6, 6.07) is 16.8. The van der Waals surface area contributed by atoms with Crippen molar-refractivity contribution in [3.63, 3.8) is 0 Å². The Morgan fingerprint density at radius 3 is 2.04 bits per heavy atom. The minimum Gasteiger partial charge on any atom is -0.489 e. The molecular formula is C20H28ClNO. The van der Waals surface area contributed by atoms with Gasteiger partial charge in [0.1, 0.15) is 12.4 Å². The molecule has 0 atom stereocenters. The van der Waals surface area contributed by atoms with Gasteiger partial charge in [-0.1, -0.05) is 48.9 Å². The Hall–Kier alpha value is -1.51. The quantitative estimate of drug-likeness (QED) is 0.744. The smallest absolute Gasteiger partial charge is 0.119 e. The first-order valence-corrected chi connectivity index (χ1v) is 8.01. The van der Waals surface area contributed by atoms with E-state index in [-0.39, 0.29) is 17.9 Å². The number of nitrogens with one attached hydrogen (secondary N) is 1. The Bertz CT molecular complexity index is 576. The second kappa shape index (κ2) is 8.95. The molecule has 0 aliphatic rings. The molecule has 0 aromatic heterocycles. The molecule has 2 rings (SSSR count). The molecule has 0 saturated carbocycles. The van der Waals surface area contributed by atoms with E-state index in [0.29, 0.717) is 6.61 Å². The fraction of sp³-hybridized carbons (Fsp3) is 0.400. The molecule has 0 aliphatic carbocycles. The SMILES string of the molecule is CCC(C)(C)NCc1ccc(OCc2ccc(C)cc2)cc1.Cl. The molecule has 0 aliphatic heterocycles. The van der Waals surface area contributed by atoms with Crippen LogP contribution >= 0.6 is 12.4 Å². The van der Waals surface area contributed by atoms with Crippen LogP contribution in [0.5, 0.6) is 5.75 Å². The van der Waals surface area contributed by atoms with Gasteiger partial charge in [-0.25, -0.2) is 0 Å². The maximum atomic E-state index is 5.83. The summed E-state index contributed by atoms with van der Waals surface area (Å²) < 4.78 is 5.83. The third kappa shape index (κ3) is 6.64. The second-order valence-electron chi connectivity index (χ2n) is 6.51. The summed E-state index contributed by atoms with van der Waals surface area (Å²) in [7, 11) is 0. The molecule has 2 aromatic rings. The first-order chi connectivity index (χ1) is 10.5. The number of ether oxygens (including phenoxy) is 1. The second-order valence-corrected chi connectivity index (χ2v) is 6.51. The lowest BCUT2D eigenvalue weighted by Crippen LogP contribution is -2.37. The van der Waals surface area contributed by atoms with Crippen LogP contribution in [0.1, 0.15) is 43.9 Å². The van der Waals surface area contributed by atoms with Gasteiger partial charge >= 0.3 is 0 Å². The molecule has 0 fully saturated rings. The van der Waals surface area contributed by atoms with E-state index in [1.54, 1.807) is 0 Å². The monoisotopic (exact) mass is 333 g/mol. The van der Waals surface area contributed by atoms with Gasteiger partial charge < -0.3 is 10.1 Å². The Labute approximate surface area is 146 Å². The van der Waals surface area contributed by atoms with Gasteiger partial charge in [0, 0.05) is 12.1 Å². The lowest BCUT2D eigenvalue weighted by Gasteiger charge is -2.24. The zero-order valence-corrected chi connectivity index (χ0v) is 15.4. The van der Waals surface area contributed by atoms with Crippen LogP contribution in [0.4, 0.5) is 0 Å². The van der Waals surface area contributed by atoms with Crippen LogP contribution in [-0.2, 0) is 13.2 Å². The summed E-state index contributed by atoms with van der Waals surface area (Å²) in [4.78, 5) is 0. The van der Waals surface area contributed by atoms with Crippen molar-refractivity contribution in [2.75, 3.05) is 0 Å². The van der Waals surface area contributed by atoms with Gasteiger partial charge in [0.25, 0.3) is 0 Å². The van der Waals surface area contributed by atoms with Crippen molar-refractivity contribution in [3.8, 4) is 5.75 Å². The van der Waals surface area contributed by atoms with E-state index in [1.165, 1.54) is 16.7 Å². The van der Waals surface area contributed by atoms with Crippen molar-refractivity contribution in [2.45, 2.75) is 52.8 Å². The van der Waals surface area contributed by atoms with Crippen LogP contribution in [-0.4, -0.2) is 5.54 Å². The van der Waals surface area contributed by atoms with Crippen molar-refractivity contribution in [1.82, 2.24) is 5.32 Å². The van der Waals surface area contributed by atoms with E-state index in [1.807, 2.05) is 12.1 Å². The van der Waals surface area contributed by atoms with E-state index >= 15 is 0 Å². The highest BCUT2D eigenvalue weighted by Crippen LogP contribution is 2.16.